The van der Waals surface area contributed by atoms with Gasteiger partial charge in [-0.3, -0.25) is 4.90 Å². The molecule has 0 amide bonds. The second-order valence-electron chi connectivity index (χ2n) is 10.7. The lowest BCUT2D eigenvalue weighted by Crippen LogP contribution is -2.50. The molecule has 0 spiro atoms. The third-order valence-corrected chi connectivity index (χ3v) is 9.40. The summed E-state index contributed by atoms with van der Waals surface area (Å²) in [5.74, 6) is 4.92. The van der Waals surface area contributed by atoms with E-state index in [-0.39, 0.29) is 0 Å². The van der Waals surface area contributed by atoms with Gasteiger partial charge in [0.2, 0.25) is 0 Å². The monoisotopic (exact) mass is 349 g/mol. The smallest absolute Gasteiger partial charge is 0.0599 e. The summed E-state index contributed by atoms with van der Waals surface area (Å²) in [6.45, 7) is 10.3. The fourth-order valence-electron chi connectivity index (χ4n) is 7.45. The van der Waals surface area contributed by atoms with Crippen molar-refractivity contribution >= 4 is 8.07 Å². The van der Waals surface area contributed by atoms with Gasteiger partial charge in [0.25, 0.3) is 0 Å². The summed E-state index contributed by atoms with van der Waals surface area (Å²) in [5.41, 5.74) is 0. The van der Waals surface area contributed by atoms with Crippen molar-refractivity contribution in [2.75, 3.05) is 13.3 Å². The molecule has 24 heavy (non-hydrogen) atoms. The molecule has 3 saturated carbocycles. The van der Waals surface area contributed by atoms with Gasteiger partial charge in [0.1, 0.15) is 0 Å². The zero-order valence-electron chi connectivity index (χ0n) is 16.6. The summed E-state index contributed by atoms with van der Waals surface area (Å²) in [4.78, 5) is 3.08. The van der Waals surface area contributed by atoms with E-state index in [0.29, 0.717) is 6.10 Å². The van der Waals surface area contributed by atoms with E-state index >= 15 is 0 Å². The highest BCUT2D eigenvalue weighted by atomic mass is 28.3. The second kappa shape index (κ2) is 6.39. The van der Waals surface area contributed by atoms with Crippen molar-refractivity contribution in [3.63, 3.8) is 0 Å². The van der Waals surface area contributed by atoms with Gasteiger partial charge in [-0.2, -0.15) is 0 Å². The first kappa shape index (κ1) is 17.5. The van der Waals surface area contributed by atoms with E-state index in [0.717, 1.165) is 41.7 Å². The fourth-order valence-corrected chi connectivity index (χ4v) is 8.99. The van der Waals surface area contributed by atoms with Gasteiger partial charge in [-0.15, -0.1) is 0 Å². The van der Waals surface area contributed by atoms with Crippen molar-refractivity contribution in [3.05, 3.63) is 0 Å². The van der Waals surface area contributed by atoms with E-state index in [1.54, 1.807) is 0 Å². The van der Waals surface area contributed by atoms with Crippen LogP contribution in [0, 0.1) is 29.6 Å². The summed E-state index contributed by atoms with van der Waals surface area (Å²) in [6.07, 6.45) is 12.0. The molecule has 0 aromatic rings. The topological polar surface area (TPSA) is 12.5 Å². The third-order valence-electron chi connectivity index (χ3n) is 8.08. The molecule has 0 N–H and O–H groups in total. The van der Waals surface area contributed by atoms with Crippen molar-refractivity contribution in [2.45, 2.75) is 89.7 Å². The van der Waals surface area contributed by atoms with Crippen molar-refractivity contribution in [1.29, 1.82) is 0 Å². The zero-order chi connectivity index (χ0) is 17.1. The van der Waals surface area contributed by atoms with Crippen LogP contribution in [0.25, 0.3) is 0 Å². The molecule has 8 unspecified atom stereocenters. The first-order valence-electron chi connectivity index (χ1n) is 10.7. The minimum Gasteiger partial charge on any atom is -0.381 e. The van der Waals surface area contributed by atoms with E-state index in [1.165, 1.54) is 51.1 Å². The molecule has 1 saturated heterocycles. The quantitative estimate of drug-likeness (QED) is 0.678. The van der Waals surface area contributed by atoms with Crippen LogP contribution in [0.4, 0.5) is 0 Å². The molecular formula is C21H39NOSi. The maximum atomic E-state index is 5.84. The Bertz CT molecular complexity index is 461. The summed E-state index contributed by atoms with van der Waals surface area (Å²) < 4.78 is 5.84. The molecule has 0 aromatic heterocycles. The van der Waals surface area contributed by atoms with Gasteiger partial charge in [0.15, 0.2) is 0 Å². The fraction of sp³-hybridized carbons (Fsp3) is 1.00. The lowest BCUT2D eigenvalue weighted by atomic mass is 9.69. The van der Waals surface area contributed by atoms with Gasteiger partial charge in [-0.1, -0.05) is 39.4 Å². The highest BCUT2D eigenvalue weighted by molar-refractivity contribution is 6.76. The predicted molar refractivity (Wildman–Crippen MR) is 104 cm³/mol. The lowest BCUT2D eigenvalue weighted by molar-refractivity contribution is 0.0142. The highest BCUT2D eigenvalue weighted by Gasteiger charge is 2.61. The maximum absolute atomic E-state index is 5.84. The Morgan fingerprint density at radius 1 is 0.958 bits per heavy atom. The molecular weight excluding hydrogens is 310 g/mol. The Hall–Kier alpha value is 0.137. The predicted octanol–water partition coefficient (Wildman–Crippen LogP) is 4.80. The first-order valence-corrected chi connectivity index (χ1v) is 14.4. The third kappa shape index (κ3) is 2.83. The van der Waals surface area contributed by atoms with Crippen molar-refractivity contribution in [1.82, 2.24) is 4.90 Å². The molecule has 1 heterocycles. The van der Waals surface area contributed by atoms with Gasteiger partial charge in [0, 0.05) is 19.2 Å². The normalized spacial score (nSPS) is 48.9. The van der Waals surface area contributed by atoms with Gasteiger partial charge in [-0.25, -0.2) is 0 Å². The van der Waals surface area contributed by atoms with Gasteiger partial charge in [-0.05, 0) is 67.9 Å². The van der Waals surface area contributed by atoms with Crippen LogP contribution in [0.2, 0.25) is 19.6 Å². The number of rotatable bonds is 3. The molecule has 0 bridgehead atoms. The summed E-state index contributed by atoms with van der Waals surface area (Å²) >= 11 is 0. The zero-order valence-corrected chi connectivity index (χ0v) is 17.6. The standard InChI is InChI=1S/C21H39NOSi/c1-14-16-8-6-7-9-17(16)20-18-12-15(23-2)10-11-19(18)22(21(14)20)13-24(3,4)5/h14-21H,6-13H2,1-5H3. The molecule has 4 aliphatic rings. The van der Waals surface area contributed by atoms with Crippen molar-refractivity contribution in [2.24, 2.45) is 29.6 Å². The average molecular weight is 350 g/mol. The molecule has 138 valence electrons. The van der Waals surface area contributed by atoms with Crippen LogP contribution in [0.3, 0.4) is 0 Å². The van der Waals surface area contributed by atoms with E-state index in [9.17, 15) is 0 Å². The maximum Gasteiger partial charge on any atom is 0.0599 e. The Balaban J connectivity index is 1.66. The van der Waals surface area contributed by atoms with Gasteiger partial charge < -0.3 is 4.74 Å². The molecule has 4 fully saturated rings. The highest BCUT2D eigenvalue weighted by Crippen LogP contribution is 2.60. The number of nitrogens with zero attached hydrogens (tertiary/aromatic N) is 1. The van der Waals surface area contributed by atoms with Crippen LogP contribution in [0.5, 0.6) is 0 Å². The van der Waals surface area contributed by atoms with Gasteiger partial charge in [0.05, 0.1) is 14.2 Å². The number of hydrogen-bond donors (Lipinski definition) is 0. The van der Waals surface area contributed by atoms with Crippen LogP contribution in [0.1, 0.15) is 51.9 Å². The van der Waals surface area contributed by atoms with Crippen LogP contribution in [0.15, 0.2) is 0 Å². The molecule has 3 aliphatic carbocycles. The molecule has 1 aliphatic heterocycles. The van der Waals surface area contributed by atoms with Crippen LogP contribution in [-0.2, 0) is 4.74 Å². The van der Waals surface area contributed by atoms with Gasteiger partial charge >= 0.3 is 0 Å². The van der Waals surface area contributed by atoms with Crippen molar-refractivity contribution < 1.29 is 4.74 Å². The number of likely N-dealkylation sites (tertiary alicyclic amines) is 1. The largest absolute Gasteiger partial charge is 0.381 e. The molecule has 8 atom stereocenters. The van der Waals surface area contributed by atoms with E-state index in [4.69, 9.17) is 4.74 Å². The SMILES string of the molecule is COC1CCC2C(C1)C1C3CCCCC3C(C)C1N2C[Si](C)(C)C. The molecule has 3 heteroatoms. The Labute approximate surface area is 150 Å². The summed E-state index contributed by atoms with van der Waals surface area (Å²) in [6, 6.07) is 1.78. The van der Waals surface area contributed by atoms with E-state index in [2.05, 4.69) is 31.5 Å². The van der Waals surface area contributed by atoms with Crippen LogP contribution >= 0.6 is 0 Å². The Kier molecular flexibility index (Phi) is 4.67. The molecule has 2 nitrogen and oxygen atoms in total. The minimum atomic E-state index is -1.07. The number of methoxy groups -OCH3 is 1. The van der Waals surface area contributed by atoms with E-state index in [1.807, 2.05) is 7.11 Å². The lowest BCUT2D eigenvalue weighted by Gasteiger charge is -2.42. The van der Waals surface area contributed by atoms with Crippen LogP contribution < -0.4 is 0 Å². The Morgan fingerprint density at radius 2 is 1.67 bits per heavy atom. The number of hydrogen-bond acceptors (Lipinski definition) is 2. The first-order chi connectivity index (χ1) is 11.4. The van der Waals surface area contributed by atoms with E-state index < -0.39 is 8.07 Å². The Morgan fingerprint density at radius 3 is 2.33 bits per heavy atom. The van der Waals surface area contributed by atoms with Crippen molar-refractivity contribution in [3.8, 4) is 0 Å². The second-order valence-corrected chi connectivity index (χ2v) is 16.1. The number of ether oxygens (including phenoxy) is 1. The molecule has 0 radical (unpaired) electrons. The minimum absolute atomic E-state index is 0.539. The summed E-state index contributed by atoms with van der Waals surface area (Å²) in [7, 11) is 0.875. The van der Waals surface area contributed by atoms with Crippen LogP contribution in [-0.4, -0.2) is 44.4 Å². The molecule has 0 aromatic carbocycles. The number of fused-ring (bicyclic) bond motifs is 5. The average Bonchev–Trinajstić information content (AvgIpc) is 3.01. The summed E-state index contributed by atoms with van der Waals surface area (Å²) in [5, 5.41) is 0. The molecule has 4 rings (SSSR count).